The van der Waals surface area contributed by atoms with Crippen molar-refractivity contribution in [2.24, 2.45) is 0 Å². The monoisotopic (exact) mass is 351 g/mol. The topological polar surface area (TPSA) is 61.4 Å². The maximum atomic E-state index is 12.9. The van der Waals surface area contributed by atoms with Crippen LogP contribution in [0, 0.1) is 0 Å². The first-order valence-electron chi connectivity index (χ1n) is 8.87. The van der Waals surface area contributed by atoms with Gasteiger partial charge in [0.25, 0.3) is 5.91 Å². The van der Waals surface area contributed by atoms with Gasteiger partial charge in [0.05, 0.1) is 11.4 Å². The molecule has 136 valence electrons. The Labute approximate surface area is 154 Å². The molecule has 2 aromatic rings. The number of fused-ring (bicyclic) bond motifs is 1. The number of nitrogens with zero attached hydrogens (tertiary/aromatic N) is 1. The van der Waals surface area contributed by atoms with Gasteiger partial charge in [-0.1, -0.05) is 44.2 Å². The molecule has 1 aliphatic heterocycles. The predicted molar refractivity (Wildman–Crippen MR) is 106 cm³/mol. The van der Waals surface area contributed by atoms with Gasteiger partial charge in [0, 0.05) is 5.69 Å². The van der Waals surface area contributed by atoms with Crippen LogP contribution in [0.15, 0.2) is 48.5 Å². The van der Waals surface area contributed by atoms with Crippen molar-refractivity contribution in [2.45, 2.75) is 39.2 Å². The second-order valence-electron chi connectivity index (χ2n) is 7.45. The van der Waals surface area contributed by atoms with Crippen molar-refractivity contribution < 1.29 is 9.59 Å². The van der Waals surface area contributed by atoms with E-state index in [0.29, 0.717) is 5.92 Å². The number of anilines is 3. The molecule has 2 aromatic carbocycles. The van der Waals surface area contributed by atoms with Crippen LogP contribution in [0.2, 0.25) is 0 Å². The molecule has 0 saturated carbocycles. The molecule has 1 heterocycles. The molecule has 26 heavy (non-hydrogen) atoms. The van der Waals surface area contributed by atoms with Crippen molar-refractivity contribution in [1.82, 2.24) is 0 Å². The summed E-state index contributed by atoms with van der Waals surface area (Å²) in [6.45, 7) is 7.80. The zero-order valence-electron chi connectivity index (χ0n) is 15.7. The normalized spacial score (nSPS) is 15.4. The number of carbonyl (C=O) groups excluding carboxylic acids is 2. The minimum Gasteiger partial charge on any atom is -0.370 e. The van der Waals surface area contributed by atoms with Crippen molar-refractivity contribution in [2.75, 3.05) is 22.1 Å². The minimum atomic E-state index is -0.759. The highest BCUT2D eigenvalue weighted by Gasteiger charge is 2.39. The van der Waals surface area contributed by atoms with Gasteiger partial charge in [-0.2, -0.15) is 0 Å². The maximum Gasteiger partial charge on any atom is 0.252 e. The molecule has 2 amide bonds. The highest BCUT2D eigenvalue weighted by Crippen LogP contribution is 2.35. The van der Waals surface area contributed by atoms with E-state index in [1.165, 1.54) is 0 Å². The fourth-order valence-corrected chi connectivity index (χ4v) is 3.26. The summed E-state index contributed by atoms with van der Waals surface area (Å²) in [4.78, 5) is 27.1. The summed E-state index contributed by atoms with van der Waals surface area (Å²) in [6, 6.07) is 15.3. The third kappa shape index (κ3) is 3.43. The number of amides is 2. The first-order chi connectivity index (χ1) is 12.3. The highest BCUT2D eigenvalue weighted by atomic mass is 16.2. The summed E-state index contributed by atoms with van der Waals surface area (Å²) in [5, 5.41) is 6.20. The Morgan fingerprint density at radius 1 is 1.12 bits per heavy atom. The molecule has 0 unspecified atom stereocenters. The standard InChI is InChI=1S/C21H25N3O2/c1-14(2)15-9-5-6-10-16(15)22-19(25)13-24-18-12-8-7-11-17(18)23-21(3,4)20(24)26/h5-12,14,23H,13H2,1-4H3,(H,22,25). The van der Waals surface area contributed by atoms with Gasteiger partial charge in [-0.25, -0.2) is 0 Å². The van der Waals surface area contributed by atoms with Crippen LogP contribution in [0.1, 0.15) is 39.2 Å². The maximum absolute atomic E-state index is 12.9. The molecule has 0 fully saturated rings. The second kappa shape index (κ2) is 6.83. The molecule has 5 heteroatoms. The van der Waals surface area contributed by atoms with Gasteiger partial charge < -0.3 is 10.6 Å². The molecule has 3 rings (SSSR count). The third-order valence-corrected chi connectivity index (χ3v) is 4.58. The van der Waals surface area contributed by atoms with Crippen LogP contribution in [-0.2, 0) is 9.59 Å². The van der Waals surface area contributed by atoms with E-state index in [4.69, 9.17) is 0 Å². The van der Waals surface area contributed by atoms with Crippen molar-refractivity contribution in [1.29, 1.82) is 0 Å². The molecule has 5 nitrogen and oxygen atoms in total. The van der Waals surface area contributed by atoms with E-state index >= 15 is 0 Å². The number of rotatable bonds is 4. The van der Waals surface area contributed by atoms with Crippen molar-refractivity contribution >= 4 is 28.9 Å². The molecule has 0 bridgehead atoms. The fraction of sp³-hybridized carbons (Fsp3) is 0.333. The third-order valence-electron chi connectivity index (χ3n) is 4.58. The molecule has 0 saturated heterocycles. The zero-order valence-corrected chi connectivity index (χ0v) is 15.7. The Bertz CT molecular complexity index is 843. The van der Waals surface area contributed by atoms with E-state index in [2.05, 4.69) is 24.5 Å². The smallest absolute Gasteiger partial charge is 0.252 e. The molecule has 0 aliphatic carbocycles. The number of para-hydroxylation sites is 3. The molecule has 0 radical (unpaired) electrons. The van der Waals surface area contributed by atoms with Crippen LogP contribution in [0.5, 0.6) is 0 Å². The van der Waals surface area contributed by atoms with E-state index in [1.54, 1.807) is 4.90 Å². The fourth-order valence-electron chi connectivity index (χ4n) is 3.26. The lowest BCUT2D eigenvalue weighted by Gasteiger charge is -2.39. The van der Waals surface area contributed by atoms with E-state index in [9.17, 15) is 9.59 Å². The first-order valence-corrected chi connectivity index (χ1v) is 8.87. The van der Waals surface area contributed by atoms with E-state index in [0.717, 1.165) is 22.6 Å². The summed E-state index contributed by atoms with van der Waals surface area (Å²) < 4.78 is 0. The lowest BCUT2D eigenvalue weighted by atomic mass is 9.98. The Balaban J connectivity index is 1.84. The average molecular weight is 351 g/mol. The number of benzene rings is 2. The number of hydrogen-bond acceptors (Lipinski definition) is 3. The van der Waals surface area contributed by atoms with Crippen molar-refractivity contribution in [3.05, 3.63) is 54.1 Å². The summed E-state index contributed by atoms with van der Waals surface area (Å²) in [5.74, 6) is -0.0329. The van der Waals surface area contributed by atoms with Gasteiger partial charge in [0.2, 0.25) is 5.91 Å². The summed E-state index contributed by atoms with van der Waals surface area (Å²) in [6.07, 6.45) is 0. The lowest BCUT2D eigenvalue weighted by molar-refractivity contribution is -0.124. The summed E-state index contributed by atoms with van der Waals surface area (Å²) >= 11 is 0. The lowest BCUT2D eigenvalue weighted by Crippen LogP contribution is -2.55. The molecule has 0 atom stereocenters. The summed E-state index contributed by atoms with van der Waals surface area (Å²) in [5.41, 5.74) is 2.69. The Morgan fingerprint density at radius 2 is 1.77 bits per heavy atom. The van der Waals surface area contributed by atoms with E-state index < -0.39 is 5.54 Å². The molecular formula is C21H25N3O2. The first kappa shape index (κ1) is 18.0. The van der Waals surface area contributed by atoms with Crippen LogP contribution >= 0.6 is 0 Å². The molecule has 0 spiro atoms. The van der Waals surface area contributed by atoms with Gasteiger partial charge in [-0.3, -0.25) is 14.5 Å². The van der Waals surface area contributed by atoms with Crippen molar-refractivity contribution in [3.8, 4) is 0 Å². The van der Waals surface area contributed by atoms with Crippen molar-refractivity contribution in [3.63, 3.8) is 0 Å². The Hall–Kier alpha value is -2.82. The largest absolute Gasteiger partial charge is 0.370 e. The molecule has 2 N–H and O–H groups in total. The quantitative estimate of drug-likeness (QED) is 0.876. The Kier molecular flexibility index (Phi) is 4.72. The van der Waals surface area contributed by atoms with Gasteiger partial charge in [-0.05, 0) is 43.5 Å². The van der Waals surface area contributed by atoms with Crippen LogP contribution in [0.25, 0.3) is 0 Å². The second-order valence-corrected chi connectivity index (χ2v) is 7.45. The van der Waals surface area contributed by atoms with E-state index in [1.807, 2.05) is 62.4 Å². The minimum absolute atomic E-state index is 0.0205. The van der Waals surface area contributed by atoms with Gasteiger partial charge in [0.15, 0.2) is 0 Å². The molecule has 1 aliphatic rings. The SMILES string of the molecule is CC(C)c1ccccc1NC(=O)CN1C(=O)C(C)(C)Nc2ccccc21. The number of carbonyl (C=O) groups is 2. The summed E-state index contributed by atoms with van der Waals surface area (Å²) in [7, 11) is 0. The van der Waals surface area contributed by atoms with Crippen LogP contribution in [0.3, 0.4) is 0 Å². The average Bonchev–Trinajstić information content (AvgIpc) is 2.59. The van der Waals surface area contributed by atoms with Gasteiger partial charge >= 0.3 is 0 Å². The van der Waals surface area contributed by atoms with Gasteiger partial charge in [-0.15, -0.1) is 0 Å². The zero-order chi connectivity index (χ0) is 18.9. The van der Waals surface area contributed by atoms with Crippen LogP contribution < -0.4 is 15.5 Å². The number of nitrogens with one attached hydrogen (secondary N) is 2. The predicted octanol–water partition coefficient (Wildman–Crippen LogP) is 3.99. The van der Waals surface area contributed by atoms with Crippen LogP contribution in [-0.4, -0.2) is 23.9 Å². The van der Waals surface area contributed by atoms with Gasteiger partial charge in [0.1, 0.15) is 12.1 Å². The highest BCUT2D eigenvalue weighted by molar-refractivity contribution is 6.11. The molecular weight excluding hydrogens is 326 g/mol. The number of hydrogen-bond donors (Lipinski definition) is 2. The van der Waals surface area contributed by atoms with Crippen LogP contribution in [0.4, 0.5) is 17.1 Å². The van der Waals surface area contributed by atoms with E-state index in [-0.39, 0.29) is 18.4 Å². The Morgan fingerprint density at radius 3 is 2.50 bits per heavy atom. The molecule has 0 aromatic heterocycles.